The Morgan fingerprint density at radius 1 is 1.30 bits per heavy atom. The van der Waals surface area contributed by atoms with E-state index in [0.717, 1.165) is 44.7 Å². The minimum Gasteiger partial charge on any atom is -0.362 e. The molecule has 0 unspecified atom stereocenters. The predicted molar refractivity (Wildman–Crippen MR) is 91.4 cm³/mol. The van der Waals surface area contributed by atoms with E-state index in [0.29, 0.717) is 6.54 Å². The lowest BCUT2D eigenvalue weighted by Crippen LogP contribution is -2.46. The third kappa shape index (κ3) is 3.78. The topological polar surface area (TPSA) is 41.6 Å². The lowest BCUT2D eigenvalue weighted by Gasteiger charge is -2.39. The van der Waals surface area contributed by atoms with Crippen LogP contribution in [0.5, 0.6) is 0 Å². The normalized spacial score (nSPS) is 27.4. The average Bonchev–Trinajstić information content (AvgIpc) is 3.07. The number of thiophene rings is 1. The molecule has 0 bridgehead atoms. The standard InChI is InChI=1S/C18H26N2O2S/c21-17(19-12-15-2-1-11-23-15)16-5-6-18(22-16)7-9-20(10-8-18)13-14-3-4-14/h1-2,11,14,16H,3-10,12-13H2,(H,19,21)/t16-/m0/s1. The van der Waals surface area contributed by atoms with Gasteiger partial charge in [-0.2, -0.15) is 0 Å². The molecule has 4 rings (SSSR count). The number of ether oxygens (including phenoxy) is 1. The van der Waals surface area contributed by atoms with Crippen LogP contribution >= 0.6 is 11.3 Å². The molecule has 4 nitrogen and oxygen atoms in total. The summed E-state index contributed by atoms with van der Waals surface area (Å²) >= 11 is 1.68. The summed E-state index contributed by atoms with van der Waals surface area (Å²) in [4.78, 5) is 16.1. The Hall–Kier alpha value is -0.910. The van der Waals surface area contributed by atoms with Crippen LogP contribution in [-0.4, -0.2) is 42.1 Å². The summed E-state index contributed by atoms with van der Waals surface area (Å²) in [5.41, 5.74) is -0.0228. The highest BCUT2D eigenvalue weighted by Gasteiger charge is 2.45. The van der Waals surface area contributed by atoms with Crippen LogP contribution in [-0.2, 0) is 16.1 Å². The van der Waals surface area contributed by atoms with Crippen molar-refractivity contribution >= 4 is 17.2 Å². The quantitative estimate of drug-likeness (QED) is 0.900. The Bertz CT molecular complexity index is 533. The molecule has 1 spiro atoms. The van der Waals surface area contributed by atoms with Crippen molar-refractivity contribution in [3.05, 3.63) is 22.4 Å². The lowest BCUT2D eigenvalue weighted by molar-refractivity contribution is -0.140. The SMILES string of the molecule is O=C(NCc1cccs1)[C@@H]1CCC2(CCN(CC3CC3)CC2)O1. The first-order chi connectivity index (χ1) is 11.2. The van der Waals surface area contributed by atoms with E-state index >= 15 is 0 Å². The van der Waals surface area contributed by atoms with Crippen LogP contribution in [0.15, 0.2) is 17.5 Å². The summed E-state index contributed by atoms with van der Waals surface area (Å²) in [6, 6.07) is 4.07. The second-order valence-electron chi connectivity index (χ2n) is 7.37. The number of amides is 1. The van der Waals surface area contributed by atoms with Gasteiger partial charge >= 0.3 is 0 Å². The molecule has 1 saturated carbocycles. The van der Waals surface area contributed by atoms with Gasteiger partial charge in [-0.1, -0.05) is 6.07 Å². The van der Waals surface area contributed by atoms with Crippen LogP contribution in [0.2, 0.25) is 0 Å². The summed E-state index contributed by atoms with van der Waals surface area (Å²) in [6.07, 6.45) is 6.70. The fourth-order valence-electron chi connectivity index (χ4n) is 3.88. The minimum absolute atomic E-state index is 0.0228. The molecule has 1 amide bonds. The number of likely N-dealkylation sites (tertiary alicyclic amines) is 1. The number of nitrogens with zero attached hydrogens (tertiary/aromatic N) is 1. The Morgan fingerprint density at radius 3 is 2.83 bits per heavy atom. The molecule has 0 aromatic carbocycles. The van der Waals surface area contributed by atoms with E-state index in [9.17, 15) is 4.79 Å². The highest BCUT2D eigenvalue weighted by molar-refractivity contribution is 7.09. The molecule has 23 heavy (non-hydrogen) atoms. The Balaban J connectivity index is 1.24. The molecule has 3 fully saturated rings. The summed E-state index contributed by atoms with van der Waals surface area (Å²) in [6.45, 7) is 4.18. The highest BCUT2D eigenvalue weighted by Crippen LogP contribution is 2.40. The van der Waals surface area contributed by atoms with E-state index in [1.807, 2.05) is 11.4 Å². The molecule has 2 aliphatic heterocycles. The summed E-state index contributed by atoms with van der Waals surface area (Å²) in [7, 11) is 0. The number of rotatable bonds is 5. The summed E-state index contributed by atoms with van der Waals surface area (Å²) in [5.74, 6) is 1.03. The van der Waals surface area contributed by atoms with Gasteiger partial charge in [0.05, 0.1) is 12.1 Å². The lowest BCUT2D eigenvalue weighted by atomic mass is 9.88. The number of piperidine rings is 1. The van der Waals surface area contributed by atoms with Crippen LogP contribution < -0.4 is 5.32 Å². The van der Waals surface area contributed by atoms with Gasteiger partial charge in [-0.15, -0.1) is 11.3 Å². The van der Waals surface area contributed by atoms with Crippen molar-refractivity contribution in [1.29, 1.82) is 0 Å². The Morgan fingerprint density at radius 2 is 2.13 bits per heavy atom. The van der Waals surface area contributed by atoms with Gasteiger partial charge in [0, 0.05) is 24.5 Å². The zero-order valence-corrected chi connectivity index (χ0v) is 14.4. The van der Waals surface area contributed by atoms with Crippen LogP contribution in [0, 0.1) is 5.92 Å². The van der Waals surface area contributed by atoms with Crippen molar-refractivity contribution < 1.29 is 9.53 Å². The maximum Gasteiger partial charge on any atom is 0.249 e. The number of nitrogens with one attached hydrogen (secondary N) is 1. The van der Waals surface area contributed by atoms with Crippen LogP contribution in [0.3, 0.4) is 0 Å². The molecule has 1 N–H and O–H groups in total. The van der Waals surface area contributed by atoms with E-state index < -0.39 is 0 Å². The van der Waals surface area contributed by atoms with Crippen LogP contribution in [0.25, 0.3) is 0 Å². The van der Waals surface area contributed by atoms with Crippen LogP contribution in [0.4, 0.5) is 0 Å². The van der Waals surface area contributed by atoms with Crippen molar-refractivity contribution in [3.63, 3.8) is 0 Å². The fourth-order valence-corrected chi connectivity index (χ4v) is 4.52. The van der Waals surface area contributed by atoms with E-state index in [-0.39, 0.29) is 17.6 Å². The fraction of sp³-hybridized carbons (Fsp3) is 0.722. The number of carbonyl (C=O) groups excluding carboxylic acids is 1. The molecule has 5 heteroatoms. The van der Waals surface area contributed by atoms with E-state index in [4.69, 9.17) is 4.74 Å². The van der Waals surface area contributed by atoms with Gasteiger partial charge in [0.15, 0.2) is 0 Å². The zero-order chi connectivity index (χ0) is 15.7. The summed E-state index contributed by atoms with van der Waals surface area (Å²) in [5, 5.41) is 5.07. The molecule has 2 saturated heterocycles. The van der Waals surface area contributed by atoms with E-state index in [2.05, 4.69) is 16.3 Å². The average molecular weight is 334 g/mol. The second-order valence-corrected chi connectivity index (χ2v) is 8.40. The number of carbonyl (C=O) groups is 1. The van der Waals surface area contributed by atoms with Gasteiger partial charge in [0.2, 0.25) is 5.91 Å². The maximum atomic E-state index is 12.3. The van der Waals surface area contributed by atoms with Crippen molar-refractivity contribution in [3.8, 4) is 0 Å². The first-order valence-electron chi connectivity index (χ1n) is 8.93. The predicted octanol–water partition coefficient (Wildman–Crippen LogP) is 2.79. The molecular weight excluding hydrogens is 308 g/mol. The molecule has 3 heterocycles. The van der Waals surface area contributed by atoms with E-state index in [1.165, 1.54) is 24.3 Å². The molecule has 1 aromatic rings. The molecule has 0 radical (unpaired) electrons. The van der Waals surface area contributed by atoms with Gasteiger partial charge in [-0.3, -0.25) is 4.79 Å². The van der Waals surface area contributed by atoms with Gasteiger partial charge in [-0.05, 0) is 55.9 Å². The van der Waals surface area contributed by atoms with Gasteiger partial charge in [0.25, 0.3) is 0 Å². The van der Waals surface area contributed by atoms with Crippen molar-refractivity contribution in [2.45, 2.75) is 56.8 Å². The van der Waals surface area contributed by atoms with Crippen LogP contribution in [0.1, 0.15) is 43.4 Å². The molecule has 3 aliphatic rings. The maximum absolute atomic E-state index is 12.3. The third-order valence-electron chi connectivity index (χ3n) is 5.54. The minimum atomic E-state index is -0.245. The van der Waals surface area contributed by atoms with Gasteiger partial charge in [0.1, 0.15) is 6.10 Å². The molecule has 1 aromatic heterocycles. The highest BCUT2D eigenvalue weighted by atomic mass is 32.1. The van der Waals surface area contributed by atoms with E-state index in [1.54, 1.807) is 11.3 Å². The van der Waals surface area contributed by atoms with Gasteiger partial charge in [-0.25, -0.2) is 0 Å². The zero-order valence-electron chi connectivity index (χ0n) is 13.6. The second kappa shape index (κ2) is 6.54. The van der Waals surface area contributed by atoms with Crippen molar-refractivity contribution in [2.24, 2.45) is 5.92 Å². The Labute approximate surface area is 142 Å². The van der Waals surface area contributed by atoms with Gasteiger partial charge < -0.3 is 15.0 Å². The molecule has 1 atom stereocenters. The number of hydrogen-bond donors (Lipinski definition) is 1. The molecular formula is C18H26N2O2S. The smallest absolute Gasteiger partial charge is 0.249 e. The third-order valence-corrected chi connectivity index (χ3v) is 6.42. The molecule has 1 aliphatic carbocycles. The first kappa shape index (κ1) is 15.6. The number of hydrogen-bond acceptors (Lipinski definition) is 4. The largest absolute Gasteiger partial charge is 0.362 e. The summed E-state index contributed by atoms with van der Waals surface area (Å²) < 4.78 is 6.26. The Kier molecular flexibility index (Phi) is 4.43. The first-order valence-corrected chi connectivity index (χ1v) is 9.81. The van der Waals surface area contributed by atoms with Crippen molar-refractivity contribution in [1.82, 2.24) is 10.2 Å². The van der Waals surface area contributed by atoms with Crippen molar-refractivity contribution in [2.75, 3.05) is 19.6 Å². The molecule has 126 valence electrons. The monoisotopic (exact) mass is 334 g/mol.